The first-order chi connectivity index (χ1) is 18.9. The number of carbonyl (C=O) groups excluding carboxylic acids is 1. The molecule has 39 heavy (non-hydrogen) atoms. The summed E-state index contributed by atoms with van der Waals surface area (Å²) in [6.45, 7) is 2.80. The fourth-order valence-corrected chi connectivity index (χ4v) is 9.51. The minimum absolute atomic E-state index is 0.0590. The molecule has 0 unspecified atom stereocenters. The number of benzene rings is 4. The maximum absolute atomic E-state index is 15.3. The third-order valence-electron chi connectivity index (χ3n) is 10.8. The molecule has 0 radical (unpaired) electrons. The first-order valence-electron chi connectivity index (χ1n) is 13.9. The van der Waals surface area contributed by atoms with Gasteiger partial charge >= 0.3 is 0 Å². The molecular formula is C35H28N2O2. The van der Waals surface area contributed by atoms with Crippen molar-refractivity contribution >= 4 is 27.5 Å². The SMILES string of the molecule is Cc1ccc([C@H]2CN(C)[C@@]34c5cccc6cccc(c56)[C@]3(O)[C@H]3C[C@@]24C(=O)c2cc4ccccc4nc23)cc1. The van der Waals surface area contributed by atoms with Crippen molar-refractivity contribution in [2.24, 2.45) is 5.41 Å². The predicted molar refractivity (Wildman–Crippen MR) is 152 cm³/mol. The van der Waals surface area contributed by atoms with Gasteiger partial charge in [0.2, 0.25) is 0 Å². The molecule has 2 spiro atoms. The van der Waals surface area contributed by atoms with Crippen LogP contribution in [0.4, 0.5) is 0 Å². The smallest absolute Gasteiger partial charge is 0.173 e. The summed E-state index contributed by atoms with van der Waals surface area (Å²) in [5.74, 6) is -0.234. The summed E-state index contributed by atoms with van der Waals surface area (Å²) < 4.78 is 0. The first-order valence-corrected chi connectivity index (χ1v) is 13.9. The zero-order valence-corrected chi connectivity index (χ0v) is 22.0. The molecule has 5 aromatic rings. The maximum Gasteiger partial charge on any atom is 0.173 e. The Kier molecular flexibility index (Phi) is 3.85. The van der Waals surface area contributed by atoms with E-state index >= 15 is 4.79 Å². The number of hydrogen-bond acceptors (Lipinski definition) is 4. The lowest BCUT2D eigenvalue weighted by Gasteiger charge is -2.48. The van der Waals surface area contributed by atoms with Crippen LogP contribution < -0.4 is 0 Å². The van der Waals surface area contributed by atoms with E-state index in [1.807, 2.05) is 30.3 Å². The number of ketones is 1. The average molecular weight is 509 g/mol. The highest BCUT2D eigenvalue weighted by Gasteiger charge is 2.85. The molecule has 4 nitrogen and oxygen atoms in total. The number of Topliss-reactive ketones (excluding diaryl/α,β-unsaturated/α-hetero) is 1. The Hall–Kier alpha value is -3.86. The molecule has 1 N–H and O–H groups in total. The van der Waals surface area contributed by atoms with Gasteiger partial charge in [0.05, 0.1) is 22.2 Å². The molecule has 2 fully saturated rings. The zero-order chi connectivity index (χ0) is 26.3. The van der Waals surface area contributed by atoms with Crippen molar-refractivity contribution in [3.8, 4) is 0 Å². The lowest BCUT2D eigenvalue weighted by molar-refractivity contribution is -0.104. The number of rotatable bonds is 1. The Labute approximate surface area is 226 Å². The molecule has 190 valence electrons. The summed E-state index contributed by atoms with van der Waals surface area (Å²) in [7, 11) is 2.12. The Morgan fingerprint density at radius 3 is 2.38 bits per heavy atom. The second-order valence-electron chi connectivity index (χ2n) is 12.2. The van der Waals surface area contributed by atoms with Gasteiger partial charge in [-0.15, -0.1) is 0 Å². The lowest BCUT2D eigenvalue weighted by Crippen LogP contribution is -2.58. The Bertz CT molecular complexity index is 1910. The van der Waals surface area contributed by atoms with Gasteiger partial charge < -0.3 is 5.11 Å². The number of pyridine rings is 1. The highest BCUT2D eigenvalue weighted by Crippen LogP contribution is 2.81. The van der Waals surface area contributed by atoms with Crippen molar-refractivity contribution in [2.75, 3.05) is 13.6 Å². The van der Waals surface area contributed by atoms with Crippen LogP contribution in [0, 0.1) is 12.3 Å². The van der Waals surface area contributed by atoms with Crippen LogP contribution in [0.1, 0.15) is 56.6 Å². The minimum Gasteiger partial charge on any atom is -0.382 e. The van der Waals surface area contributed by atoms with Crippen LogP contribution in [-0.4, -0.2) is 34.4 Å². The summed E-state index contributed by atoms with van der Waals surface area (Å²) >= 11 is 0. The number of para-hydroxylation sites is 1. The molecule has 2 heterocycles. The molecule has 0 amide bonds. The van der Waals surface area contributed by atoms with Crippen molar-refractivity contribution in [3.05, 3.63) is 125 Å². The van der Waals surface area contributed by atoms with Crippen LogP contribution in [0.3, 0.4) is 0 Å². The minimum atomic E-state index is -1.29. The summed E-state index contributed by atoms with van der Waals surface area (Å²) in [6, 6.07) is 31.4. The number of aliphatic hydroxyl groups is 1. The molecule has 1 saturated heterocycles. The molecule has 3 aliphatic carbocycles. The highest BCUT2D eigenvalue weighted by molar-refractivity contribution is 6.10. The molecule has 9 rings (SSSR count). The highest BCUT2D eigenvalue weighted by atomic mass is 16.3. The van der Waals surface area contributed by atoms with E-state index in [2.05, 4.69) is 79.5 Å². The Morgan fingerprint density at radius 1 is 0.872 bits per heavy atom. The van der Waals surface area contributed by atoms with E-state index in [1.54, 1.807) is 0 Å². The zero-order valence-electron chi connectivity index (χ0n) is 22.0. The number of aromatic nitrogens is 1. The van der Waals surface area contributed by atoms with Gasteiger partial charge in [0, 0.05) is 29.3 Å². The molecule has 2 bridgehead atoms. The monoisotopic (exact) mass is 508 g/mol. The van der Waals surface area contributed by atoms with Crippen LogP contribution in [-0.2, 0) is 11.1 Å². The first kappa shape index (κ1) is 22.0. The summed E-state index contributed by atoms with van der Waals surface area (Å²) in [4.78, 5) is 22.8. The standard InChI is InChI=1S/C35H28N2O2/c1-20-13-15-21(16-14-20)28-19-37(2)35-26-11-6-9-22-8-5-10-25(30(22)26)34(35,39)27-18-33(28,35)32(38)24-17-23-7-3-4-12-29(23)36-31(24)27/h3-17,27-28,39H,18-19H2,1-2H3/t27-,28+,33-,34-,35+/m0/s1. The second-order valence-corrected chi connectivity index (χ2v) is 12.2. The van der Waals surface area contributed by atoms with Crippen molar-refractivity contribution in [2.45, 2.75) is 36.3 Å². The van der Waals surface area contributed by atoms with Crippen molar-refractivity contribution < 1.29 is 9.90 Å². The van der Waals surface area contributed by atoms with E-state index in [-0.39, 0.29) is 17.6 Å². The molecule has 1 aliphatic heterocycles. The van der Waals surface area contributed by atoms with E-state index in [1.165, 1.54) is 11.1 Å². The second kappa shape index (κ2) is 6.82. The van der Waals surface area contributed by atoms with Gasteiger partial charge in [-0.2, -0.15) is 0 Å². The van der Waals surface area contributed by atoms with Gasteiger partial charge in [0.25, 0.3) is 0 Å². The number of fused-ring (bicyclic) bond motifs is 6. The summed E-state index contributed by atoms with van der Waals surface area (Å²) in [6.07, 6.45) is 0.578. The van der Waals surface area contributed by atoms with Gasteiger partial charge in [-0.3, -0.25) is 14.7 Å². The number of likely N-dealkylation sites (tertiary alicyclic amines) is 1. The summed E-state index contributed by atoms with van der Waals surface area (Å²) in [5, 5.41) is 16.7. The lowest BCUT2D eigenvalue weighted by atomic mass is 9.57. The van der Waals surface area contributed by atoms with Gasteiger partial charge in [-0.25, -0.2) is 0 Å². The number of nitrogens with zero attached hydrogens (tertiary/aromatic N) is 2. The van der Waals surface area contributed by atoms with Crippen molar-refractivity contribution in [1.82, 2.24) is 9.88 Å². The van der Waals surface area contributed by atoms with Gasteiger partial charge in [-0.1, -0.05) is 84.4 Å². The molecule has 4 aromatic carbocycles. The van der Waals surface area contributed by atoms with E-state index in [0.29, 0.717) is 18.5 Å². The fourth-order valence-electron chi connectivity index (χ4n) is 9.51. The third kappa shape index (κ3) is 2.15. The van der Waals surface area contributed by atoms with Gasteiger partial charge in [0.15, 0.2) is 5.78 Å². The molecule has 5 atom stereocenters. The number of carbonyl (C=O) groups is 1. The topological polar surface area (TPSA) is 53.4 Å². The average Bonchev–Trinajstić information content (AvgIpc) is 3.45. The van der Waals surface area contributed by atoms with Crippen LogP contribution in [0.15, 0.2) is 91.0 Å². The van der Waals surface area contributed by atoms with Crippen LogP contribution >= 0.6 is 0 Å². The Balaban J connectivity index is 1.45. The van der Waals surface area contributed by atoms with E-state index in [9.17, 15) is 5.11 Å². The number of aryl methyl sites for hydroxylation is 1. The Morgan fingerprint density at radius 2 is 1.59 bits per heavy atom. The molecule has 1 saturated carbocycles. The predicted octanol–water partition coefficient (Wildman–Crippen LogP) is 6.19. The molecule has 4 aliphatic rings. The van der Waals surface area contributed by atoms with Gasteiger partial charge in [0.1, 0.15) is 5.60 Å². The number of hydrogen-bond donors (Lipinski definition) is 1. The normalized spacial score (nSPS) is 32.0. The molecule has 4 heteroatoms. The summed E-state index contributed by atoms with van der Waals surface area (Å²) in [5.41, 5.74) is 3.68. The van der Waals surface area contributed by atoms with E-state index in [0.717, 1.165) is 38.5 Å². The van der Waals surface area contributed by atoms with E-state index in [4.69, 9.17) is 4.98 Å². The van der Waals surface area contributed by atoms with Gasteiger partial charge in [-0.05, 0) is 60.0 Å². The van der Waals surface area contributed by atoms with Crippen LogP contribution in [0.2, 0.25) is 0 Å². The van der Waals surface area contributed by atoms with E-state index < -0.39 is 16.6 Å². The fraction of sp³-hybridized carbons (Fsp3) is 0.257. The molecule has 1 aromatic heterocycles. The maximum atomic E-state index is 15.3. The quantitative estimate of drug-likeness (QED) is 0.293. The number of likely N-dealkylation sites (N-methyl/N-ethyl adjacent to an activating group) is 1. The van der Waals surface area contributed by atoms with Crippen LogP contribution in [0.5, 0.6) is 0 Å². The van der Waals surface area contributed by atoms with Crippen molar-refractivity contribution in [3.63, 3.8) is 0 Å². The third-order valence-corrected chi connectivity index (χ3v) is 10.8. The largest absolute Gasteiger partial charge is 0.382 e. The van der Waals surface area contributed by atoms with Crippen LogP contribution in [0.25, 0.3) is 21.7 Å². The molecular weight excluding hydrogens is 480 g/mol. The van der Waals surface area contributed by atoms with Crippen molar-refractivity contribution in [1.29, 1.82) is 0 Å².